The third-order valence-corrected chi connectivity index (χ3v) is 2.27. The minimum Gasteiger partial charge on any atom is -0.485 e. The molecule has 0 saturated heterocycles. The molecule has 0 atom stereocenters. The molecule has 0 radical (unpaired) electrons. The zero-order valence-electron chi connectivity index (χ0n) is 9.39. The van der Waals surface area contributed by atoms with Crippen molar-refractivity contribution >= 4 is 11.8 Å². The molecule has 0 bridgehead atoms. The average molecular weight is 236 g/mol. The van der Waals surface area contributed by atoms with Gasteiger partial charge in [-0.15, -0.1) is 0 Å². The topological polar surface area (TPSA) is 61.8 Å². The summed E-state index contributed by atoms with van der Waals surface area (Å²) in [6, 6.07) is 4.88. The summed E-state index contributed by atoms with van der Waals surface area (Å²) in [6.45, 7) is 1.94. The smallest absolute Gasteiger partial charge is 0.344 e. The van der Waals surface area contributed by atoms with Gasteiger partial charge in [-0.3, -0.25) is 4.79 Å². The summed E-state index contributed by atoms with van der Waals surface area (Å²) in [6.07, 6.45) is 0. The van der Waals surface area contributed by atoms with Gasteiger partial charge in [0.25, 0.3) is 0 Å². The van der Waals surface area contributed by atoms with Crippen molar-refractivity contribution in [3.8, 4) is 11.5 Å². The highest BCUT2D eigenvalue weighted by Crippen LogP contribution is 2.28. The Morgan fingerprint density at radius 1 is 1.47 bits per heavy atom. The molecule has 0 amide bonds. The van der Waals surface area contributed by atoms with Crippen LogP contribution in [0.15, 0.2) is 18.2 Å². The number of ketones is 1. The van der Waals surface area contributed by atoms with Crippen LogP contribution in [0.3, 0.4) is 0 Å². The van der Waals surface area contributed by atoms with Crippen molar-refractivity contribution < 1.29 is 23.8 Å². The summed E-state index contributed by atoms with van der Waals surface area (Å²) >= 11 is 0. The van der Waals surface area contributed by atoms with Crippen molar-refractivity contribution in [3.63, 3.8) is 0 Å². The Kier molecular flexibility index (Phi) is 3.27. The van der Waals surface area contributed by atoms with E-state index in [0.717, 1.165) is 0 Å². The first-order valence-electron chi connectivity index (χ1n) is 5.29. The third-order valence-electron chi connectivity index (χ3n) is 2.27. The molecule has 1 aromatic rings. The fraction of sp³-hybridized carbons (Fsp3) is 0.333. The molecule has 17 heavy (non-hydrogen) atoms. The molecule has 1 aliphatic heterocycles. The highest BCUT2D eigenvalue weighted by Gasteiger charge is 2.21. The molecule has 0 unspecified atom stereocenters. The van der Waals surface area contributed by atoms with E-state index in [-0.39, 0.29) is 19.0 Å². The number of fused-ring (bicyclic) bond motifs is 1. The van der Waals surface area contributed by atoms with Crippen LogP contribution in [-0.4, -0.2) is 31.6 Å². The van der Waals surface area contributed by atoms with Crippen molar-refractivity contribution in [2.75, 3.05) is 19.8 Å². The van der Waals surface area contributed by atoms with Gasteiger partial charge in [0.2, 0.25) is 5.78 Å². The van der Waals surface area contributed by atoms with Crippen molar-refractivity contribution in [2.24, 2.45) is 0 Å². The SMILES string of the molecule is CCOC(=O)COc1ccc2c(c1)C(=O)CO2. The van der Waals surface area contributed by atoms with Crippen molar-refractivity contribution in [1.29, 1.82) is 0 Å². The lowest BCUT2D eigenvalue weighted by molar-refractivity contribution is -0.145. The zero-order valence-corrected chi connectivity index (χ0v) is 9.39. The zero-order chi connectivity index (χ0) is 12.3. The van der Waals surface area contributed by atoms with Gasteiger partial charge in [-0.05, 0) is 25.1 Å². The number of rotatable bonds is 4. The lowest BCUT2D eigenvalue weighted by Crippen LogP contribution is -2.14. The van der Waals surface area contributed by atoms with E-state index in [1.165, 1.54) is 0 Å². The number of ether oxygens (including phenoxy) is 3. The number of carbonyl (C=O) groups is 2. The molecular formula is C12H12O5. The lowest BCUT2D eigenvalue weighted by atomic mass is 10.1. The summed E-state index contributed by atoms with van der Waals surface area (Å²) in [5.74, 6) is 0.492. The van der Waals surface area contributed by atoms with Crippen molar-refractivity contribution in [3.05, 3.63) is 23.8 Å². The maximum atomic E-state index is 11.4. The molecule has 1 heterocycles. The molecule has 0 N–H and O–H groups in total. The Morgan fingerprint density at radius 2 is 2.29 bits per heavy atom. The minimum absolute atomic E-state index is 0.0661. The Morgan fingerprint density at radius 3 is 3.06 bits per heavy atom. The molecule has 0 fully saturated rings. The summed E-state index contributed by atoms with van der Waals surface area (Å²) in [4.78, 5) is 22.5. The molecule has 5 heteroatoms. The molecule has 5 nitrogen and oxygen atoms in total. The minimum atomic E-state index is -0.435. The van der Waals surface area contributed by atoms with Crippen LogP contribution < -0.4 is 9.47 Å². The van der Waals surface area contributed by atoms with E-state index in [2.05, 4.69) is 0 Å². The standard InChI is InChI=1S/C12H12O5/c1-2-15-12(14)7-16-8-3-4-11-9(5-8)10(13)6-17-11/h3-5H,2,6-7H2,1H3. The Labute approximate surface area is 98.3 Å². The summed E-state index contributed by atoms with van der Waals surface area (Å²) in [5.41, 5.74) is 0.492. The Balaban J connectivity index is 2.01. The highest BCUT2D eigenvalue weighted by molar-refractivity contribution is 6.02. The molecule has 1 aromatic carbocycles. The molecular weight excluding hydrogens is 224 g/mol. The van der Waals surface area contributed by atoms with Crippen molar-refractivity contribution in [1.82, 2.24) is 0 Å². The van der Waals surface area contributed by atoms with Gasteiger partial charge in [0.1, 0.15) is 11.5 Å². The van der Waals surface area contributed by atoms with Gasteiger partial charge in [-0.1, -0.05) is 0 Å². The lowest BCUT2D eigenvalue weighted by Gasteiger charge is -2.06. The van der Waals surface area contributed by atoms with E-state index >= 15 is 0 Å². The van der Waals surface area contributed by atoms with Crippen LogP contribution in [0.4, 0.5) is 0 Å². The molecule has 0 spiro atoms. The molecule has 0 aromatic heterocycles. The maximum absolute atomic E-state index is 11.4. The molecule has 0 saturated carbocycles. The van der Waals surface area contributed by atoms with Gasteiger partial charge in [0, 0.05) is 0 Å². The fourth-order valence-corrected chi connectivity index (χ4v) is 1.51. The summed E-state index contributed by atoms with van der Waals surface area (Å²) in [7, 11) is 0. The molecule has 1 aliphatic rings. The van der Waals surface area contributed by atoms with Crippen LogP contribution in [0, 0.1) is 0 Å². The third kappa shape index (κ3) is 2.55. The summed E-state index contributed by atoms with van der Waals surface area (Å²) < 4.78 is 15.1. The van der Waals surface area contributed by atoms with E-state index in [1.807, 2.05) is 0 Å². The second-order valence-electron chi connectivity index (χ2n) is 3.46. The highest BCUT2D eigenvalue weighted by atomic mass is 16.6. The van der Waals surface area contributed by atoms with E-state index in [1.54, 1.807) is 25.1 Å². The Bertz CT molecular complexity index is 452. The van der Waals surface area contributed by atoms with Gasteiger partial charge in [0.05, 0.1) is 12.2 Å². The Hall–Kier alpha value is -2.04. The molecule has 2 rings (SSSR count). The van der Waals surface area contributed by atoms with Crippen LogP contribution in [0.25, 0.3) is 0 Å². The van der Waals surface area contributed by atoms with E-state index in [9.17, 15) is 9.59 Å². The number of Topliss-reactive ketones (excluding diaryl/α,β-unsaturated/α-hetero) is 1. The number of hydrogen-bond donors (Lipinski definition) is 0. The van der Waals surface area contributed by atoms with E-state index in [4.69, 9.17) is 14.2 Å². The number of benzene rings is 1. The van der Waals surface area contributed by atoms with Gasteiger partial charge in [-0.2, -0.15) is 0 Å². The van der Waals surface area contributed by atoms with E-state index < -0.39 is 5.97 Å². The van der Waals surface area contributed by atoms with Gasteiger partial charge in [-0.25, -0.2) is 4.79 Å². The van der Waals surface area contributed by atoms with Crippen LogP contribution in [0.5, 0.6) is 11.5 Å². The van der Waals surface area contributed by atoms with Gasteiger partial charge in [0.15, 0.2) is 13.2 Å². The molecule has 0 aliphatic carbocycles. The van der Waals surface area contributed by atoms with Crippen LogP contribution >= 0.6 is 0 Å². The first kappa shape index (κ1) is 11.4. The summed E-state index contributed by atoms with van der Waals surface area (Å²) in [5, 5.41) is 0. The first-order chi connectivity index (χ1) is 8.20. The second-order valence-corrected chi connectivity index (χ2v) is 3.46. The normalized spacial score (nSPS) is 12.9. The predicted octanol–water partition coefficient (Wildman–Crippen LogP) is 1.20. The quantitative estimate of drug-likeness (QED) is 0.735. The number of carbonyl (C=O) groups excluding carboxylic acids is 2. The van der Waals surface area contributed by atoms with Crippen LogP contribution in [-0.2, 0) is 9.53 Å². The maximum Gasteiger partial charge on any atom is 0.344 e. The fourth-order valence-electron chi connectivity index (χ4n) is 1.51. The first-order valence-corrected chi connectivity index (χ1v) is 5.29. The van der Waals surface area contributed by atoms with E-state index in [0.29, 0.717) is 23.7 Å². The number of hydrogen-bond acceptors (Lipinski definition) is 5. The van der Waals surface area contributed by atoms with Crippen LogP contribution in [0.2, 0.25) is 0 Å². The molecule has 90 valence electrons. The van der Waals surface area contributed by atoms with Gasteiger partial charge < -0.3 is 14.2 Å². The average Bonchev–Trinajstić information content (AvgIpc) is 2.69. The monoisotopic (exact) mass is 236 g/mol. The van der Waals surface area contributed by atoms with Crippen molar-refractivity contribution in [2.45, 2.75) is 6.92 Å². The predicted molar refractivity (Wildman–Crippen MR) is 58.4 cm³/mol. The second kappa shape index (κ2) is 4.86. The van der Waals surface area contributed by atoms with Gasteiger partial charge >= 0.3 is 5.97 Å². The van der Waals surface area contributed by atoms with Crippen LogP contribution in [0.1, 0.15) is 17.3 Å². The largest absolute Gasteiger partial charge is 0.485 e. The number of esters is 1.